The van der Waals surface area contributed by atoms with Crippen LogP contribution in [0.15, 0.2) is 36.8 Å². The van der Waals surface area contributed by atoms with Crippen LogP contribution in [0.2, 0.25) is 0 Å². The monoisotopic (exact) mass is 341 g/mol. The molecule has 1 aromatic carbocycles. The van der Waals surface area contributed by atoms with Crippen molar-refractivity contribution in [2.45, 2.75) is 25.9 Å². The van der Waals surface area contributed by atoms with Crippen molar-refractivity contribution in [2.24, 2.45) is 0 Å². The third-order valence-electron chi connectivity index (χ3n) is 4.74. The highest BCUT2D eigenvalue weighted by molar-refractivity contribution is 5.95. The largest absolute Gasteiger partial charge is 0.393 e. The number of amides is 1. The Bertz CT molecular complexity index is 765. The Morgan fingerprint density at radius 3 is 2.88 bits per heavy atom. The summed E-state index contributed by atoms with van der Waals surface area (Å²) in [4.78, 5) is 22.6. The molecule has 1 unspecified atom stereocenters. The highest BCUT2D eigenvalue weighted by Crippen LogP contribution is 2.25. The first-order valence-corrected chi connectivity index (χ1v) is 8.40. The average Bonchev–Trinajstić information content (AvgIpc) is 2.64. The fraction of sp³-hybridized carbons (Fsp3) is 0.421. The zero-order valence-corrected chi connectivity index (χ0v) is 14.6. The Kier molecular flexibility index (Phi) is 5.11. The van der Waals surface area contributed by atoms with Gasteiger partial charge >= 0.3 is 0 Å². The number of rotatable bonds is 4. The number of hydrogen-bond acceptors (Lipinski definition) is 5. The lowest BCUT2D eigenvalue weighted by Gasteiger charge is -2.42. The van der Waals surface area contributed by atoms with Gasteiger partial charge in [-0.2, -0.15) is 0 Å². The Balaban J connectivity index is 1.82. The molecule has 132 valence electrons. The predicted octanol–water partition coefficient (Wildman–Crippen LogP) is 1.54. The van der Waals surface area contributed by atoms with Crippen LogP contribution in [0, 0.1) is 13.8 Å². The first kappa shape index (κ1) is 17.5. The van der Waals surface area contributed by atoms with E-state index in [1.807, 2.05) is 31.2 Å². The van der Waals surface area contributed by atoms with E-state index in [9.17, 15) is 9.90 Å². The van der Waals surface area contributed by atoms with Crippen molar-refractivity contribution in [2.75, 3.05) is 26.3 Å². The Morgan fingerprint density at radius 1 is 1.36 bits per heavy atom. The molecule has 6 heteroatoms. The molecular formula is C19H23N3O3. The van der Waals surface area contributed by atoms with Gasteiger partial charge in [-0.05, 0) is 25.0 Å². The molecule has 1 amide bonds. The molecule has 1 saturated heterocycles. The van der Waals surface area contributed by atoms with Crippen molar-refractivity contribution < 1.29 is 14.6 Å². The van der Waals surface area contributed by atoms with Gasteiger partial charge in [-0.3, -0.25) is 4.79 Å². The quantitative estimate of drug-likeness (QED) is 0.913. The molecule has 2 aromatic rings. The van der Waals surface area contributed by atoms with E-state index in [1.54, 1.807) is 18.0 Å². The lowest BCUT2D eigenvalue weighted by Crippen LogP contribution is -2.57. The molecule has 1 aliphatic rings. The average molecular weight is 341 g/mol. The third kappa shape index (κ3) is 3.70. The second-order valence-electron chi connectivity index (χ2n) is 6.54. The summed E-state index contributed by atoms with van der Waals surface area (Å²) in [7, 11) is 0. The Hall–Kier alpha value is -2.31. The molecule has 1 aliphatic heterocycles. The van der Waals surface area contributed by atoms with E-state index in [-0.39, 0.29) is 12.5 Å². The number of aryl methyl sites for hydroxylation is 2. The van der Waals surface area contributed by atoms with Crippen LogP contribution in [0.5, 0.6) is 0 Å². The Morgan fingerprint density at radius 2 is 2.16 bits per heavy atom. The molecule has 0 aliphatic carbocycles. The molecule has 3 rings (SSSR count). The summed E-state index contributed by atoms with van der Waals surface area (Å²) >= 11 is 0. The fourth-order valence-electron chi connectivity index (χ4n) is 3.20. The number of aliphatic hydroxyl groups is 1. The number of aliphatic hydroxyl groups excluding tert-OH is 1. The molecule has 25 heavy (non-hydrogen) atoms. The minimum Gasteiger partial charge on any atom is -0.393 e. The maximum Gasteiger partial charge on any atom is 0.257 e. The van der Waals surface area contributed by atoms with E-state index in [2.05, 4.69) is 9.97 Å². The van der Waals surface area contributed by atoms with Crippen LogP contribution in [0.25, 0.3) is 0 Å². The summed E-state index contributed by atoms with van der Waals surface area (Å²) in [6, 6.07) is 8.03. The van der Waals surface area contributed by atoms with Gasteiger partial charge in [0.15, 0.2) is 0 Å². The van der Waals surface area contributed by atoms with Gasteiger partial charge < -0.3 is 14.7 Å². The van der Waals surface area contributed by atoms with E-state index < -0.39 is 5.60 Å². The summed E-state index contributed by atoms with van der Waals surface area (Å²) in [5.74, 6) is -0.121. The number of nitrogens with zero attached hydrogens (tertiary/aromatic N) is 3. The van der Waals surface area contributed by atoms with Crippen LogP contribution in [0.1, 0.15) is 27.2 Å². The second kappa shape index (κ2) is 7.29. The van der Waals surface area contributed by atoms with Gasteiger partial charge in [0.25, 0.3) is 5.91 Å². The normalized spacial score (nSPS) is 20.5. The zero-order valence-electron chi connectivity index (χ0n) is 14.6. The van der Waals surface area contributed by atoms with Gasteiger partial charge in [-0.25, -0.2) is 9.97 Å². The predicted molar refractivity (Wildman–Crippen MR) is 93.3 cm³/mol. The summed E-state index contributed by atoms with van der Waals surface area (Å²) < 4.78 is 5.95. The number of morpholine rings is 1. The Labute approximate surface area is 147 Å². The highest BCUT2D eigenvalue weighted by Gasteiger charge is 2.39. The van der Waals surface area contributed by atoms with Crippen molar-refractivity contribution >= 4 is 5.91 Å². The van der Waals surface area contributed by atoms with Crippen molar-refractivity contribution in [3.63, 3.8) is 0 Å². The van der Waals surface area contributed by atoms with Crippen LogP contribution in [0.3, 0.4) is 0 Å². The molecule has 0 bridgehead atoms. The molecule has 1 aromatic heterocycles. The van der Waals surface area contributed by atoms with Crippen molar-refractivity contribution in [3.05, 3.63) is 59.2 Å². The number of carbonyl (C=O) groups excluding carboxylic acids is 1. The minimum atomic E-state index is -0.788. The summed E-state index contributed by atoms with van der Waals surface area (Å²) in [6.07, 6.45) is 3.54. The van der Waals surface area contributed by atoms with Crippen LogP contribution in [-0.4, -0.2) is 57.8 Å². The molecule has 1 N–H and O–H groups in total. The number of ether oxygens (including phenoxy) is 1. The molecule has 1 fully saturated rings. The molecule has 1 atom stereocenters. The zero-order chi connectivity index (χ0) is 17.9. The first-order chi connectivity index (χ1) is 12.0. The van der Waals surface area contributed by atoms with Gasteiger partial charge in [0, 0.05) is 19.2 Å². The van der Waals surface area contributed by atoms with Crippen molar-refractivity contribution in [3.8, 4) is 0 Å². The molecule has 2 heterocycles. The van der Waals surface area contributed by atoms with Gasteiger partial charge in [-0.1, -0.05) is 24.3 Å². The van der Waals surface area contributed by atoms with Crippen LogP contribution in [-0.2, 0) is 11.2 Å². The van der Waals surface area contributed by atoms with Crippen molar-refractivity contribution in [1.29, 1.82) is 0 Å². The minimum absolute atomic E-state index is 0.121. The smallest absolute Gasteiger partial charge is 0.257 e. The summed E-state index contributed by atoms with van der Waals surface area (Å²) in [5, 5.41) is 10.0. The van der Waals surface area contributed by atoms with E-state index >= 15 is 0 Å². The number of aromatic nitrogens is 2. The van der Waals surface area contributed by atoms with Crippen LogP contribution in [0.4, 0.5) is 0 Å². The van der Waals surface area contributed by atoms with Crippen LogP contribution < -0.4 is 0 Å². The van der Waals surface area contributed by atoms with Gasteiger partial charge in [0.1, 0.15) is 11.9 Å². The third-order valence-corrected chi connectivity index (χ3v) is 4.74. The topological polar surface area (TPSA) is 75.5 Å². The van der Waals surface area contributed by atoms with Crippen molar-refractivity contribution in [1.82, 2.24) is 14.9 Å². The molecular weight excluding hydrogens is 318 g/mol. The fourth-order valence-corrected chi connectivity index (χ4v) is 3.20. The maximum atomic E-state index is 12.9. The van der Waals surface area contributed by atoms with E-state index in [0.717, 1.165) is 11.1 Å². The SMILES string of the molecule is Cc1ccccc1CC1(CO)CN(C(=O)c2cncnc2C)CCO1. The van der Waals surface area contributed by atoms with Gasteiger partial charge in [-0.15, -0.1) is 0 Å². The maximum absolute atomic E-state index is 12.9. The molecule has 6 nitrogen and oxygen atoms in total. The number of carbonyl (C=O) groups is 1. The van der Waals surface area contributed by atoms with Gasteiger partial charge in [0.2, 0.25) is 0 Å². The lowest BCUT2D eigenvalue weighted by atomic mass is 9.90. The second-order valence-corrected chi connectivity index (χ2v) is 6.54. The molecule has 0 spiro atoms. The van der Waals surface area contributed by atoms with Gasteiger partial charge in [0.05, 0.1) is 31.0 Å². The van der Waals surface area contributed by atoms with E-state index in [0.29, 0.717) is 37.4 Å². The molecule has 0 radical (unpaired) electrons. The number of benzene rings is 1. The summed E-state index contributed by atoms with van der Waals surface area (Å²) in [5.41, 5.74) is 2.62. The first-order valence-electron chi connectivity index (χ1n) is 8.40. The standard InChI is InChI=1S/C19H23N3O3/c1-14-5-3-4-6-16(14)9-19(12-23)11-22(7-8-25-19)18(24)17-10-20-13-21-15(17)2/h3-6,10,13,23H,7-9,11-12H2,1-2H3. The summed E-state index contributed by atoms with van der Waals surface area (Å²) in [6.45, 7) is 4.91. The van der Waals surface area contributed by atoms with E-state index in [4.69, 9.17) is 4.74 Å². The molecule has 0 saturated carbocycles. The van der Waals surface area contributed by atoms with E-state index in [1.165, 1.54) is 6.33 Å². The highest BCUT2D eigenvalue weighted by atomic mass is 16.5. The lowest BCUT2D eigenvalue weighted by molar-refractivity contribution is -0.123. The number of hydrogen-bond donors (Lipinski definition) is 1. The van der Waals surface area contributed by atoms with Crippen LogP contribution >= 0.6 is 0 Å².